The molecule has 0 saturated heterocycles. The molecule has 0 N–H and O–H groups in total. The van der Waals surface area contributed by atoms with E-state index in [0.717, 1.165) is 0 Å². The van der Waals surface area contributed by atoms with Crippen LogP contribution in [0.25, 0.3) is 0 Å². The summed E-state index contributed by atoms with van der Waals surface area (Å²) in [5.74, 6) is 0. The van der Waals surface area contributed by atoms with Gasteiger partial charge in [0.25, 0.3) is 0 Å². The molecule has 37 heavy (non-hydrogen) atoms. The van der Waals surface area contributed by atoms with Crippen molar-refractivity contribution in [3.05, 3.63) is 12.4 Å². The Balaban J connectivity index is 2.13. The lowest BCUT2D eigenvalue weighted by Crippen LogP contribution is -2.39. The van der Waals surface area contributed by atoms with Gasteiger partial charge in [0.2, 0.25) is 0 Å². The van der Waals surface area contributed by atoms with Crippen LogP contribution in [0.2, 0.25) is 0 Å². The number of nitrogens with zero attached hydrogens (tertiary/aromatic N) is 2. The fraction of sp³-hybridized carbons (Fsp3) is 0.943. The van der Waals surface area contributed by atoms with Gasteiger partial charge >= 0.3 is 0 Å². The number of rotatable bonds is 29. The van der Waals surface area contributed by atoms with Crippen molar-refractivity contribution in [2.75, 3.05) is 13.1 Å². The Labute approximate surface area is 235 Å². The Morgan fingerprint density at radius 3 is 1.00 bits per heavy atom. The Morgan fingerprint density at radius 1 is 0.351 bits per heavy atom. The van der Waals surface area contributed by atoms with Crippen molar-refractivity contribution in [2.24, 2.45) is 0 Å². The topological polar surface area (TPSA) is 6.48 Å². The summed E-state index contributed by atoms with van der Waals surface area (Å²) in [5, 5.41) is 0. The minimum Gasteiger partial charge on any atom is -0.356 e. The molecule has 1 aliphatic rings. The predicted molar refractivity (Wildman–Crippen MR) is 168 cm³/mol. The van der Waals surface area contributed by atoms with E-state index < -0.39 is 0 Å². The molecule has 1 heterocycles. The molecule has 0 aliphatic carbocycles. The molecule has 0 aromatic carbocycles. The second kappa shape index (κ2) is 26.9. The Bertz CT molecular complexity index is 474. The fourth-order valence-electron chi connectivity index (χ4n) is 6.01. The summed E-state index contributed by atoms with van der Waals surface area (Å²) in [5.41, 5.74) is 0. The van der Waals surface area contributed by atoms with Crippen LogP contribution in [0.1, 0.15) is 194 Å². The summed E-state index contributed by atoms with van der Waals surface area (Å²) < 4.78 is 0. The summed E-state index contributed by atoms with van der Waals surface area (Å²) in [7, 11) is 0. The van der Waals surface area contributed by atoms with Crippen LogP contribution in [-0.4, -0.2) is 29.1 Å². The third kappa shape index (κ3) is 20.0. The van der Waals surface area contributed by atoms with Crippen molar-refractivity contribution in [1.82, 2.24) is 9.80 Å². The van der Waals surface area contributed by atoms with Crippen LogP contribution in [0, 0.1) is 0 Å². The fourth-order valence-corrected chi connectivity index (χ4v) is 6.01. The van der Waals surface area contributed by atoms with Gasteiger partial charge in [-0.15, -0.1) is 0 Å². The van der Waals surface area contributed by atoms with E-state index in [4.69, 9.17) is 0 Å². The highest BCUT2D eigenvalue weighted by Gasteiger charge is 2.24. The van der Waals surface area contributed by atoms with Gasteiger partial charge in [-0.1, -0.05) is 168 Å². The first kappa shape index (κ1) is 34.4. The largest absolute Gasteiger partial charge is 0.356 e. The van der Waals surface area contributed by atoms with Crippen molar-refractivity contribution in [1.29, 1.82) is 0 Å². The van der Waals surface area contributed by atoms with Gasteiger partial charge in [0, 0.05) is 25.5 Å². The molecule has 0 spiro atoms. The van der Waals surface area contributed by atoms with Gasteiger partial charge in [0.05, 0.1) is 0 Å². The molecular weight excluding hydrogens is 448 g/mol. The average Bonchev–Trinajstić information content (AvgIpc) is 3.29. The Kier molecular flexibility index (Phi) is 25.0. The van der Waals surface area contributed by atoms with Crippen LogP contribution < -0.4 is 0 Å². The molecule has 2 nitrogen and oxygen atoms in total. The molecule has 220 valence electrons. The quantitative estimate of drug-likeness (QED) is 0.0908. The monoisotopic (exact) mass is 519 g/mol. The van der Waals surface area contributed by atoms with E-state index in [9.17, 15) is 0 Å². The summed E-state index contributed by atoms with van der Waals surface area (Å²) in [6.45, 7) is 9.46. The molecule has 1 atom stereocenters. The predicted octanol–water partition coefficient (Wildman–Crippen LogP) is 12.0. The van der Waals surface area contributed by atoms with Gasteiger partial charge in [-0.25, -0.2) is 0 Å². The zero-order chi connectivity index (χ0) is 26.7. The highest BCUT2D eigenvalue weighted by atomic mass is 15.4. The molecule has 1 rings (SSSR count). The molecule has 0 bridgehead atoms. The summed E-state index contributed by atoms with van der Waals surface area (Å²) >= 11 is 0. The molecule has 0 radical (unpaired) electrons. The van der Waals surface area contributed by atoms with Crippen LogP contribution >= 0.6 is 0 Å². The van der Waals surface area contributed by atoms with Gasteiger partial charge in [-0.3, -0.25) is 0 Å². The van der Waals surface area contributed by atoms with Gasteiger partial charge in [-0.05, 0) is 25.7 Å². The van der Waals surface area contributed by atoms with Crippen LogP contribution in [0.3, 0.4) is 0 Å². The Hall–Kier alpha value is -0.660. The highest BCUT2D eigenvalue weighted by Crippen LogP contribution is 2.24. The lowest BCUT2D eigenvalue weighted by atomic mass is 10.0. The van der Waals surface area contributed by atoms with Crippen LogP contribution in [0.4, 0.5) is 0 Å². The number of hydrogen-bond donors (Lipinski definition) is 0. The normalized spacial score (nSPS) is 15.4. The molecule has 1 unspecified atom stereocenters. The Morgan fingerprint density at radius 2 is 0.622 bits per heavy atom. The highest BCUT2D eigenvalue weighted by molar-refractivity contribution is 4.97. The molecule has 0 aromatic heterocycles. The average molecular weight is 519 g/mol. The second-order valence-electron chi connectivity index (χ2n) is 12.2. The van der Waals surface area contributed by atoms with Crippen molar-refractivity contribution >= 4 is 0 Å². The van der Waals surface area contributed by atoms with Crippen LogP contribution in [0.15, 0.2) is 12.4 Å². The van der Waals surface area contributed by atoms with Crippen LogP contribution in [0.5, 0.6) is 0 Å². The van der Waals surface area contributed by atoms with E-state index in [1.807, 2.05) is 0 Å². The molecule has 0 fully saturated rings. The van der Waals surface area contributed by atoms with E-state index in [-0.39, 0.29) is 0 Å². The second-order valence-corrected chi connectivity index (χ2v) is 12.2. The molecule has 0 aromatic rings. The van der Waals surface area contributed by atoms with E-state index >= 15 is 0 Å². The van der Waals surface area contributed by atoms with Crippen molar-refractivity contribution in [3.63, 3.8) is 0 Å². The zero-order valence-electron chi connectivity index (χ0n) is 26.1. The molecule has 0 amide bonds. The standard InChI is InChI=1S/C35H70N2/c1-4-7-10-12-14-16-18-19-21-23-25-27-30-35-36(31-28-9-6-3)33-34-37(35)32-29-26-24-22-20-17-15-13-11-8-5-2/h33-35H,4-32H2,1-3H3. The van der Waals surface area contributed by atoms with E-state index in [0.29, 0.717) is 6.17 Å². The van der Waals surface area contributed by atoms with E-state index in [2.05, 4.69) is 43.0 Å². The van der Waals surface area contributed by atoms with E-state index in [1.165, 1.54) is 186 Å². The molecular formula is C35H70N2. The summed E-state index contributed by atoms with van der Waals surface area (Å²) in [4.78, 5) is 5.37. The van der Waals surface area contributed by atoms with Crippen LogP contribution in [-0.2, 0) is 0 Å². The number of unbranched alkanes of at least 4 members (excludes halogenated alkanes) is 23. The first-order valence-electron chi connectivity index (χ1n) is 17.5. The smallest absolute Gasteiger partial charge is 0.101 e. The van der Waals surface area contributed by atoms with E-state index in [1.54, 1.807) is 0 Å². The minimum atomic E-state index is 0.642. The molecule has 2 heteroatoms. The number of hydrogen-bond acceptors (Lipinski definition) is 2. The third-order valence-electron chi connectivity index (χ3n) is 8.57. The minimum absolute atomic E-state index is 0.642. The zero-order valence-corrected chi connectivity index (χ0v) is 26.1. The van der Waals surface area contributed by atoms with Gasteiger partial charge in [0.1, 0.15) is 6.17 Å². The summed E-state index contributed by atoms with van der Waals surface area (Å²) in [6.07, 6.45) is 44.0. The first-order chi connectivity index (χ1) is 18.3. The van der Waals surface area contributed by atoms with Crippen molar-refractivity contribution in [2.45, 2.75) is 200 Å². The lowest BCUT2D eigenvalue weighted by molar-refractivity contribution is 0.135. The maximum atomic E-state index is 2.69. The lowest BCUT2D eigenvalue weighted by Gasteiger charge is -2.33. The van der Waals surface area contributed by atoms with Crippen molar-refractivity contribution < 1.29 is 0 Å². The van der Waals surface area contributed by atoms with Crippen molar-refractivity contribution in [3.8, 4) is 0 Å². The maximum Gasteiger partial charge on any atom is 0.101 e. The third-order valence-corrected chi connectivity index (χ3v) is 8.57. The van der Waals surface area contributed by atoms with Gasteiger partial charge < -0.3 is 9.80 Å². The summed E-state index contributed by atoms with van der Waals surface area (Å²) in [6, 6.07) is 0. The van der Waals surface area contributed by atoms with Gasteiger partial charge in [-0.2, -0.15) is 0 Å². The van der Waals surface area contributed by atoms with Gasteiger partial charge in [0.15, 0.2) is 0 Å². The molecule has 0 saturated carbocycles. The molecule has 1 aliphatic heterocycles. The first-order valence-corrected chi connectivity index (χ1v) is 17.5. The SMILES string of the molecule is CCCCCCCCCCCCCCC1N(CCCCC)C=CN1CCCCCCCCCCCCC. The maximum absolute atomic E-state index is 2.69.